The molecule has 11 heavy (non-hydrogen) atoms. The molecule has 0 rings (SSSR count). The van der Waals surface area contributed by atoms with Crippen LogP contribution < -0.4 is 0 Å². The number of aliphatic imine (C=N–C) groups is 1. The Labute approximate surface area is 68.1 Å². The Morgan fingerprint density at radius 1 is 1.36 bits per heavy atom. The minimum Gasteiger partial charge on any atom is -0.369 e. The second kappa shape index (κ2) is 3.51. The van der Waals surface area contributed by atoms with Crippen molar-refractivity contribution in [3.05, 3.63) is 0 Å². The summed E-state index contributed by atoms with van der Waals surface area (Å²) < 4.78 is 0. The molecular formula is C8H16N2O. The standard InChI is InChI=1S/C8H16N2O/c1-8(2,3)7(11)9-6-10(4)5/h6H,1-5H3/b9-6+. The van der Waals surface area contributed by atoms with Crippen LogP contribution in [-0.4, -0.2) is 31.2 Å². The lowest BCUT2D eigenvalue weighted by molar-refractivity contribution is -0.124. The lowest BCUT2D eigenvalue weighted by Gasteiger charge is -2.12. The van der Waals surface area contributed by atoms with Gasteiger partial charge < -0.3 is 4.90 Å². The summed E-state index contributed by atoms with van der Waals surface area (Å²) in [7, 11) is 3.67. The van der Waals surface area contributed by atoms with E-state index in [1.165, 1.54) is 6.34 Å². The molecule has 0 atom stereocenters. The van der Waals surface area contributed by atoms with E-state index in [1.807, 2.05) is 34.9 Å². The smallest absolute Gasteiger partial charge is 0.252 e. The van der Waals surface area contributed by atoms with Crippen LogP contribution in [-0.2, 0) is 4.79 Å². The van der Waals surface area contributed by atoms with E-state index in [0.29, 0.717) is 0 Å². The van der Waals surface area contributed by atoms with Crippen LogP contribution in [0.2, 0.25) is 0 Å². The van der Waals surface area contributed by atoms with Gasteiger partial charge in [-0.25, -0.2) is 4.99 Å². The number of hydrogen-bond donors (Lipinski definition) is 0. The summed E-state index contributed by atoms with van der Waals surface area (Å²) in [4.78, 5) is 16.6. The van der Waals surface area contributed by atoms with Crippen molar-refractivity contribution in [2.45, 2.75) is 20.8 Å². The van der Waals surface area contributed by atoms with Gasteiger partial charge in [-0.15, -0.1) is 0 Å². The first-order valence-electron chi connectivity index (χ1n) is 3.59. The maximum Gasteiger partial charge on any atom is 0.252 e. The zero-order chi connectivity index (χ0) is 9.07. The highest BCUT2D eigenvalue weighted by atomic mass is 16.1. The first-order valence-corrected chi connectivity index (χ1v) is 3.59. The summed E-state index contributed by atoms with van der Waals surface area (Å²) >= 11 is 0. The van der Waals surface area contributed by atoms with Crippen LogP contribution in [0.4, 0.5) is 0 Å². The Bertz CT molecular complexity index is 165. The molecule has 0 radical (unpaired) electrons. The van der Waals surface area contributed by atoms with E-state index in [-0.39, 0.29) is 11.3 Å². The third-order valence-electron chi connectivity index (χ3n) is 1.05. The topological polar surface area (TPSA) is 32.7 Å². The Balaban J connectivity index is 4.09. The SMILES string of the molecule is CN(C)/C=N/C(=O)C(C)(C)C. The number of amides is 1. The molecule has 0 saturated heterocycles. The lowest BCUT2D eigenvalue weighted by atomic mass is 9.96. The van der Waals surface area contributed by atoms with Crippen LogP contribution in [0.3, 0.4) is 0 Å². The molecule has 3 heteroatoms. The zero-order valence-corrected chi connectivity index (χ0v) is 7.88. The van der Waals surface area contributed by atoms with E-state index in [1.54, 1.807) is 4.90 Å². The van der Waals surface area contributed by atoms with Crippen molar-refractivity contribution in [1.82, 2.24) is 4.90 Å². The summed E-state index contributed by atoms with van der Waals surface area (Å²) in [6, 6.07) is 0. The van der Waals surface area contributed by atoms with Gasteiger partial charge in [0.05, 0.1) is 6.34 Å². The predicted octanol–water partition coefficient (Wildman–Crippen LogP) is 1.15. The lowest BCUT2D eigenvalue weighted by Crippen LogP contribution is -2.19. The highest BCUT2D eigenvalue weighted by Gasteiger charge is 2.19. The van der Waals surface area contributed by atoms with Crippen molar-refractivity contribution in [2.75, 3.05) is 14.1 Å². The molecule has 64 valence electrons. The molecule has 0 aliphatic rings. The molecule has 0 heterocycles. The Morgan fingerprint density at radius 2 is 1.82 bits per heavy atom. The van der Waals surface area contributed by atoms with E-state index in [2.05, 4.69) is 4.99 Å². The highest BCUT2D eigenvalue weighted by Crippen LogP contribution is 2.14. The van der Waals surface area contributed by atoms with E-state index in [4.69, 9.17) is 0 Å². The molecule has 0 aromatic rings. The molecule has 3 nitrogen and oxygen atoms in total. The van der Waals surface area contributed by atoms with E-state index < -0.39 is 0 Å². The Kier molecular flexibility index (Phi) is 3.23. The number of hydrogen-bond acceptors (Lipinski definition) is 1. The van der Waals surface area contributed by atoms with Gasteiger partial charge in [-0.1, -0.05) is 20.8 Å². The maximum atomic E-state index is 11.1. The normalized spacial score (nSPS) is 12.1. The summed E-state index contributed by atoms with van der Waals surface area (Å²) in [6.07, 6.45) is 1.52. The van der Waals surface area contributed by atoms with Gasteiger partial charge in [0.25, 0.3) is 5.91 Å². The van der Waals surface area contributed by atoms with Crippen LogP contribution in [0.5, 0.6) is 0 Å². The van der Waals surface area contributed by atoms with Crippen LogP contribution in [0.1, 0.15) is 20.8 Å². The molecule has 0 aliphatic carbocycles. The monoisotopic (exact) mass is 156 g/mol. The Morgan fingerprint density at radius 3 is 2.09 bits per heavy atom. The van der Waals surface area contributed by atoms with Gasteiger partial charge in [-0.2, -0.15) is 0 Å². The summed E-state index contributed by atoms with van der Waals surface area (Å²) in [6.45, 7) is 5.55. The van der Waals surface area contributed by atoms with Crippen molar-refractivity contribution in [1.29, 1.82) is 0 Å². The molecular weight excluding hydrogens is 140 g/mol. The fraction of sp³-hybridized carbons (Fsp3) is 0.750. The zero-order valence-electron chi connectivity index (χ0n) is 7.88. The third kappa shape index (κ3) is 4.53. The molecule has 0 aromatic heterocycles. The van der Waals surface area contributed by atoms with Crippen LogP contribution in [0, 0.1) is 5.41 Å². The van der Waals surface area contributed by atoms with E-state index in [9.17, 15) is 4.79 Å². The van der Waals surface area contributed by atoms with E-state index in [0.717, 1.165) is 0 Å². The third-order valence-corrected chi connectivity index (χ3v) is 1.05. The van der Waals surface area contributed by atoms with Gasteiger partial charge in [0.1, 0.15) is 0 Å². The van der Waals surface area contributed by atoms with Gasteiger partial charge >= 0.3 is 0 Å². The molecule has 0 N–H and O–H groups in total. The first-order chi connectivity index (χ1) is 4.84. The van der Waals surface area contributed by atoms with Crippen LogP contribution in [0.25, 0.3) is 0 Å². The number of carbonyl (C=O) groups excluding carboxylic acids is 1. The number of rotatable bonds is 1. The fourth-order valence-corrected chi connectivity index (χ4v) is 0.362. The second-order valence-corrected chi connectivity index (χ2v) is 3.76. The van der Waals surface area contributed by atoms with Gasteiger partial charge in [0.15, 0.2) is 0 Å². The molecule has 0 aromatic carbocycles. The largest absolute Gasteiger partial charge is 0.369 e. The molecule has 0 aliphatic heterocycles. The molecule has 0 saturated carbocycles. The predicted molar refractivity (Wildman–Crippen MR) is 46.6 cm³/mol. The number of nitrogens with zero attached hydrogens (tertiary/aromatic N) is 2. The molecule has 0 unspecified atom stereocenters. The van der Waals surface area contributed by atoms with Crippen molar-refractivity contribution in [3.8, 4) is 0 Å². The van der Waals surface area contributed by atoms with Crippen LogP contribution >= 0.6 is 0 Å². The fourth-order valence-electron chi connectivity index (χ4n) is 0.362. The van der Waals surface area contributed by atoms with Crippen LogP contribution in [0.15, 0.2) is 4.99 Å². The summed E-state index contributed by atoms with van der Waals surface area (Å²) in [5.41, 5.74) is -0.369. The molecule has 0 fully saturated rings. The van der Waals surface area contributed by atoms with Gasteiger partial charge in [-0.05, 0) is 0 Å². The Hall–Kier alpha value is -0.860. The minimum absolute atomic E-state index is 0.0915. The molecule has 1 amide bonds. The van der Waals surface area contributed by atoms with Crippen molar-refractivity contribution >= 4 is 12.2 Å². The molecule has 0 bridgehead atoms. The first kappa shape index (κ1) is 10.1. The van der Waals surface area contributed by atoms with Gasteiger partial charge in [-0.3, -0.25) is 4.79 Å². The quantitative estimate of drug-likeness (QED) is 0.421. The second-order valence-electron chi connectivity index (χ2n) is 3.76. The van der Waals surface area contributed by atoms with Crippen molar-refractivity contribution in [2.24, 2.45) is 10.4 Å². The van der Waals surface area contributed by atoms with Crippen molar-refractivity contribution < 1.29 is 4.79 Å². The minimum atomic E-state index is -0.369. The summed E-state index contributed by atoms with van der Waals surface area (Å²) in [5, 5.41) is 0. The number of carbonyl (C=O) groups is 1. The highest BCUT2D eigenvalue weighted by molar-refractivity contribution is 5.88. The van der Waals surface area contributed by atoms with Crippen molar-refractivity contribution in [3.63, 3.8) is 0 Å². The average molecular weight is 156 g/mol. The molecule has 0 spiro atoms. The maximum absolute atomic E-state index is 11.1. The average Bonchev–Trinajstić information content (AvgIpc) is 1.80. The van der Waals surface area contributed by atoms with Gasteiger partial charge in [0, 0.05) is 19.5 Å². The summed E-state index contributed by atoms with van der Waals surface area (Å²) in [5.74, 6) is -0.0915. The van der Waals surface area contributed by atoms with Gasteiger partial charge in [0.2, 0.25) is 0 Å². The van der Waals surface area contributed by atoms with E-state index >= 15 is 0 Å².